The van der Waals surface area contributed by atoms with Crippen LogP contribution < -0.4 is 5.32 Å². The van der Waals surface area contributed by atoms with Crippen molar-refractivity contribution in [2.45, 2.75) is 47.1 Å². The van der Waals surface area contributed by atoms with Gasteiger partial charge in [0, 0.05) is 13.2 Å². The lowest BCUT2D eigenvalue weighted by Crippen LogP contribution is -2.32. The van der Waals surface area contributed by atoms with Crippen LogP contribution in [0.4, 0.5) is 0 Å². The fraction of sp³-hybridized carbons (Fsp3) is 1.00. The van der Waals surface area contributed by atoms with Gasteiger partial charge < -0.3 is 15.2 Å². The van der Waals surface area contributed by atoms with E-state index >= 15 is 0 Å². The molecule has 0 radical (unpaired) electrons. The lowest BCUT2D eigenvalue weighted by atomic mass is 9.92. The van der Waals surface area contributed by atoms with E-state index in [0.29, 0.717) is 24.5 Å². The van der Waals surface area contributed by atoms with Crippen LogP contribution in [-0.4, -0.2) is 37.5 Å². The molecule has 0 aliphatic heterocycles. The smallest absolute Gasteiger partial charge is 0.0897 e. The van der Waals surface area contributed by atoms with Crippen LogP contribution in [0.5, 0.6) is 0 Å². The highest BCUT2D eigenvalue weighted by molar-refractivity contribution is 4.65. The zero-order valence-electron chi connectivity index (χ0n) is 11.5. The summed E-state index contributed by atoms with van der Waals surface area (Å²) >= 11 is 0. The van der Waals surface area contributed by atoms with Gasteiger partial charge in [-0.05, 0) is 24.3 Å². The van der Waals surface area contributed by atoms with Crippen molar-refractivity contribution < 1.29 is 9.84 Å². The third kappa shape index (κ3) is 12.0. The highest BCUT2D eigenvalue weighted by Gasteiger charge is 2.10. The van der Waals surface area contributed by atoms with Gasteiger partial charge in [-0.2, -0.15) is 0 Å². The standard InChI is InChI=1S/C13H29NO2/c1-11(2)9-16-10-12(15)8-14-7-6-13(3,4)5/h11-12,14-15H,6-10H2,1-5H3. The first-order valence-electron chi connectivity index (χ1n) is 6.28. The lowest BCUT2D eigenvalue weighted by molar-refractivity contribution is 0.0260. The number of aliphatic hydroxyl groups excluding tert-OH is 1. The Morgan fingerprint density at radius 3 is 2.31 bits per heavy atom. The van der Waals surface area contributed by atoms with Gasteiger partial charge >= 0.3 is 0 Å². The summed E-state index contributed by atoms with van der Waals surface area (Å²) in [4.78, 5) is 0. The Morgan fingerprint density at radius 1 is 1.19 bits per heavy atom. The maximum Gasteiger partial charge on any atom is 0.0897 e. The third-order valence-corrected chi connectivity index (χ3v) is 2.19. The first kappa shape index (κ1) is 15.9. The van der Waals surface area contributed by atoms with Crippen molar-refractivity contribution in [3.63, 3.8) is 0 Å². The minimum atomic E-state index is -0.390. The molecule has 0 aromatic carbocycles. The molecule has 0 aliphatic carbocycles. The van der Waals surface area contributed by atoms with Crippen LogP contribution in [0.15, 0.2) is 0 Å². The van der Waals surface area contributed by atoms with Crippen molar-refractivity contribution in [2.24, 2.45) is 11.3 Å². The first-order valence-corrected chi connectivity index (χ1v) is 6.28. The molecule has 0 bridgehead atoms. The molecule has 16 heavy (non-hydrogen) atoms. The molecule has 98 valence electrons. The molecule has 0 saturated carbocycles. The normalized spacial score (nSPS) is 14.4. The molecule has 0 amide bonds. The number of aliphatic hydroxyl groups is 1. The zero-order chi connectivity index (χ0) is 12.6. The van der Waals surface area contributed by atoms with Crippen LogP contribution in [0, 0.1) is 11.3 Å². The average molecular weight is 231 g/mol. The van der Waals surface area contributed by atoms with Gasteiger partial charge in [-0.25, -0.2) is 0 Å². The first-order chi connectivity index (χ1) is 7.31. The van der Waals surface area contributed by atoms with Gasteiger partial charge in [-0.15, -0.1) is 0 Å². The number of hydrogen-bond donors (Lipinski definition) is 2. The molecule has 0 fully saturated rings. The van der Waals surface area contributed by atoms with E-state index in [0.717, 1.165) is 19.6 Å². The van der Waals surface area contributed by atoms with E-state index in [1.807, 2.05) is 0 Å². The zero-order valence-corrected chi connectivity index (χ0v) is 11.5. The molecule has 0 aromatic rings. The van der Waals surface area contributed by atoms with Crippen LogP contribution in [0.25, 0.3) is 0 Å². The molecule has 3 nitrogen and oxygen atoms in total. The molecule has 0 aromatic heterocycles. The Morgan fingerprint density at radius 2 is 1.81 bits per heavy atom. The van der Waals surface area contributed by atoms with Crippen molar-refractivity contribution in [3.05, 3.63) is 0 Å². The largest absolute Gasteiger partial charge is 0.389 e. The quantitative estimate of drug-likeness (QED) is 0.628. The number of ether oxygens (including phenoxy) is 1. The monoisotopic (exact) mass is 231 g/mol. The maximum atomic E-state index is 9.60. The van der Waals surface area contributed by atoms with Gasteiger partial charge in [0.1, 0.15) is 0 Å². The van der Waals surface area contributed by atoms with E-state index in [4.69, 9.17) is 4.74 Å². The third-order valence-electron chi connectivity index (χ3n) is 2.19. The van der Waals surface area contributed by atoms with Gasteiger partial charge in [0.2, 0.25) is 0 Å². The summed E-state index contributed by atoms with van der Waals surface area (Å²) < 4.78 is 5.36. The number of rotatable bonds is 8. The summed E-state index contributed by atoms with van der Waals surface area (Å²) in [6, 6.07) is 0. The van der Waals surface area contributed by atoms with Crippen LogP contribution in [-0.2, 0) is 4.74 Å². The molecule has 0 aliphatic rings. The van der Waals surface area contributed by atoms with Crippen molar-refractivity contribution in [2.75, 3.05) is 26.3 Å². The molecule has 0 heterocycles. The van der Waals surface area contributed by atoms with Gasteiger partial charge in [0.15, 0.2) is 0 Å². The van der Waals surface area contributed by atoms with Crippen molar-refractivity contribution in [1.29, 1.82) is 0 Å². The van der Waals surface area contributed by atoms with E-state index in [-0.39, 0.29) is 0 Å². The minimum Gasteiger partial charge on any atom is -0.389 e. The summed E-state index contributed by atoms with van der Waals surface area (Å²) in [6.45, 7) is 13.6. The Hall–Kier alpha value is -0.120. The molecule has 2 N–H and O–H groups in total. The molecular weight excluding hydrogens is 202 g/mol. The van der Waals surface area contributed by atoms with E-state index in [1.54, 1.807) is 0 Å². The molecule has 1 unspecified atom stereocenters. The topological polar surface area (TPSA) is 41.5 Å². The van der Waals surface area contributed by atoms with Crippen LogP contribution in [0.1, 0.15) is 41.0 Å². The van der Waals surface area contributed by atoms with Gasteiger partial charge in [0.25, 0.3) is 0 Å². The lowest BCUT2D eigenvalue weighted by Gasteiger charge is -2.19. The van der Waals surface area contributed by atoms with Crippen molar-refractivity contribution in [3.8, 4) is 0 Å². The van der Waals surface area contributed by atoms with Crippen LogP contribution in [0.2, 0.25) is 0 Å². The fourth-order valence-electron chi connectivity index (χ4n) is 1.23. The van der Waals surface area contributed by atoms with Gasteiger partial charge in [-0.3, -0.25) is 0 Å². The molecule has 3 heteroatoms. The van der Waals surface area contributed by atoms with Crippen molar-refractivity contribution in [1.82, 2.24) is 5.32 Å². The second-order valence-electron chi connectivity index (χ2n) is 6.10. The van der Waals surface area contributed by atoms with E-state index in [2.05, 4.69) is 39.9 Å². The number of nitrogens with one attached hydrogen (secondary N) is 1. The summed E-state index contributed by atoms with van der Waals surface area (Å²) in [6.07, 6.45) is 0.728. The fourth-order valence-corrected chi connectivity index (χ4v) is 1.23. The Kier molecular flexibility index (Phi) is 7.98. The van der Waals surface area contributed by atoms with E-state index in [9.17, 15) is 5.11 Å². The van der Waals surface area contributed by atoms with Crippen LogP contribution in [0.3, 0.4) is 0 Å². The van der Waals surface area contributed by atoms with Gasteiger partial charge in [0.05, 0.1) is 12.7 Å². The number of hydrogen-bond acceptors (Lipinski definition) is 3. The second kappa shape index (κ2) is 8.04. The van der Waals surface area contributed by atoms with E-state index in [1.165, 1.54) is 0 Å². The summed E-state index contributed by atoms with van der Waals surface area (Å²) in [5.41, 5.74) is 0.353. The van der Waals surface area contributed by atoms with E-state index < -0.39 is 6.10 Å². The Labute approximate surface area is 101 Å². The highest BCUT2D eigenvalue weighted by Crippen LogP contribution is 2.16. The minimum absolute atomic E-state index is 0.353. The van der Waals surface area contributed by atoms with Gasteiger partial charge in [-0.1, -0.05) is 34.6 Å². The Bertz CT molecular complexity index is 164. The highest BCUT2D eigenvalue weighted by atomic mass is 16.5. The molecule has 0 spiro atoms. The molecule has 0 saturated heterocycles. The summed E-state index contributed by atoms with van der Waals surface area (Å²) in [7, 11) is 0. The van der Waals surface area contributed by atoms with Crippen molar-refractivity contribution >= 4 is 0 Å². The SMILES string of the molecule is CC(C)COCC(O)CNCCC(C)(C)C. The predicted molar refractivity (Wildman–Crippen MR) is 68.6 cm³/mol. The summed E-state index contributed by atoms with van der Waals surface area (Å²) in [5.74, 6) is 0.529. The molecular formula is C13H29NO2. The molecule has 0 rings (SSSR count). The average Bonchev–Trinajstić information content (AvgIpc) is 2.10. The second-order valence-corrected chi connectivity index (χ2v) is 6.10. The Balaban J connectivity index is 3.34. The predicted octanol–water partition coefficient (Wildman–Crippen LogP) is 2.05. The molecule has 1 atom stereocenters. The maximum absolute atomic E-state index is 9.60. The van der Waals surface area contributed by atoms with Crippen LogP contribution >= 0.6 is 0 Å². The summed E-state index contributed by atoms with van der Waals surface area (Å²) in [5, 5.41) is 12.9.